The Morgan fingerprint density at radius 1 is 0.900 bits per heavy atom. The first-order valence-corrected chi connectivity index (χ1v) is 10.1. The minimum absolute atomic E-state index is 0.202. The van der Waals surface area contributed by atoms with Gasteiger partial charge in [-0.25, -0.2) is 5.43 Å². The zero-order valence-electron chi connectivity index (χ0n) is 15.6. The first-order chi connectivity index (χ1) is 14.7. The monoisotopic (exact) mass is 458 g/mol. The van der Waals surface area contributed by atoms with Crippen LogP contribution in [0.15, 0.2) is 97.3 Å². The summed E-state index contributed by atoms with van der Waals surface area (Å²) in [5.74, 6) is 1.02. The van der Waals surface area contributed by atoms with Crippen molar-refractivity contribution in [1.82, 2.24) is 5.43 Å². The third-order valence-electron chi connectivity index (χ3n) is 4.74. The molecule has 1 amide bonds. The number of amides is 1. The van der Waals surface area contributed by atoms with Gasteiger partial charge in [-0.2, -0.15) is 5.10 Å². The van der Waals surface area contributed by atoms with Crippen LogP contribution in [0.5, 0.6) is 0 Å². The normalized spacial score (nSPS) is 11.5. The summed E-state index contributed by atoms with van der Waals surface area (Å²) >= 11 is 3.45. The largest absolute Gasteiger partial charge is 0.455 e. The Kier molecular flexibility index (Phi) is 4.69. The number of halogens is 1. The van der Waals surface area contributed by atoms with Crippen LogP contribution in [0, 0.1) is 0 Å². The topological polar surface area (TPSA) is 67.7 Å². The quantitative estimate of drug-likeness (QED) is 0.251. The van der Waals surface area contributed by atoms with Crippen molar-refractivity contribution in [3.8, 4) is 11.3 Å². The van der Waals surface area contributed by atoms with Crippen molar-refractivity contribution in [3.63, 3.8) is 0 Å². The fourth-order valence-electron chi connectivity index (χ4n) is 3.33. The first kappa shape index (κ1) is 18.4. The summed E-state index contributed by atoms with van der Waals surface area (Å²) < 4.78 is 12.4. The highest BCUT2D eigenvalue weighted by molar-refractivity contribution is 9.10. The van der Waals surface area contributed by atoms with E-state index in [0.717, 1.165) is 26.2 Å². The Hall–Kier alpha value is -3.64. The van der Waals surface area contributed by atoms with Crippen LogP contribution >= 0.6 is 15.9 Å². The Bertz CT molecular complexity index is 1410. The molecular weight excluding hydrogens is 444 g/mol. The maximum atomic E-state index is 12.5. The molecule has 0 aliphatic rings. The van der Waals surface area contributed by atoms with Gasteiger partial charge in [0.05, 0.1) is 6.21 Å². The van der Waals surface area contributed by atoms with Gasteiger partial charge in [0.15, 0.2) is 5.76 Å². The van der Waals surface area contributed by atoms with Crippen LogP contribution < -0.4 is 5.43 Å². The summed E-state index contributed by atoms with van der Waals surface area (Å²) in [4.78, 5) is 12.5. The molecule has 3 aromatic carbocycles. The summed E-state index contributed by atoms with van der Waals surface area (Å²) in [6.45, 7) is 0. The minimum atomic E-state index is -0.426. The van der Waals surface area contributed by atoms with Crippen LogP contribution in [-0.4, -0.2) is 12.1 Å². The van der Waals surface area contributed by atoms with E-state index in [2.05, 4.69) is 26.5 Å². The molecule has 5 aromatic rings. The lowest BCUT2D eigenvalue weighted by molar-refractivity contribution is 0.0929. The van der Waals surface area contributed by atoms with Gasteiger partial charge < -0.3 is 8.83 Å². The van der Waals surface area contributed by atoms with E-state index < -0.39 is 5.91 Å². The summed E-state index contributed by atoms with van der Waals surface area (Å²) in [6.07, 6.45) is 1.46. The van der Waals surface area contributed by atoms with E-state index in [0.29, 0.717) is 17.1 Å². The predicted molar refractivity (Wildman–Crippen MR) is 121 cm³/mol. The number of hydrogen-bond acceptors (Lipinski definition) is 4. The molecule has 0 atom stereocenters. The van der Waals surface area contributed by atoms with Crippen LogP contribution in [0.4, 0.5) is 0 Å². The highest BCUT2D eigenvalue weighted by Gasteiger charge is 2.13. The predicted octanol–water partition coefficient (Wildman–Crippen LogP) is 6.37. The van der Waals surface area contributed by atoms with Crippen LogP contribution in [-0.2, 0) is 0 Å². The molecule has 0 fully saturated rings. The molecule has 0 unspecified atom stereocenters. The van der Waals surface area contributed by atoms with Gasteiger partial charge in [-0.05, 0) is 47.2 Å². The van der Waals surface area contributed by atoms with Gasteiger partial charge in [-0.15, -0.1) is 0 Å². The lowest BCUT2D eigenvalue weighted by Crippen LogP contribution is -2.16. The Balaban J connectivity index is 1.32. The summed E-state index contributed by atoms with van der Waals surface area (Å²) in [5, 5.41) is 7.01. The zero-order chi connectivity index (χ0) is 20.5. The number of furan rings is 2. The molecule has 1 N–H and O–H groups in total. The smallest absolute Gasteiger partial charge is 0.307 e. The molecular formula is C24H15BrN2O3. The number of nitrogens with zero attached hydrogens (tertiary/aromatic N) is 1. The lowest BCUT2D eigenvalue weighted by atomic mass is 10.1. The molecule has 6 heteroatoms. The van der Waals surface area contributed by atoms with Gasteiger partial charge >= 0.3 is 5.91 Å². The molecule has 5 nitrogen and oxygen atoms in total. The fraction of sp³-hybridized carbons (Fsp3) is 0. The van der Waals surface area contributed by atoms with Crippen LogP contribution in [0.3, 0.4) is 0 Å². The SMILES string of the molecule is O=C(NN=Cc1ccc(-c2cccc(Br)c2)o1)c1cc2c(ccc3ccccc32)o1. The summed E-state index contributed by atoms with van der Waals surface area (Å²) in [7, 11) is 0. The number of nitrogens with one attached hydrogen (secondary N) is 1. The Morgan fingerprint density at radius 2 is 1.80 bits per heavy atom. The molecule has 2 heterocycles. The van der Waals surface area contributed by atoms with Crippen molar-refractivity contribution < 1.29 is 13.6 Å². The van der Waals surface area contributed by atoms with Crippen molar-refractivity contribution >= 4 is 49.8 Å². The average molecular weight is 459 g/mol. The Morgan fingerprint density at radius 3 is 2.70 bits per heavy atom. The van der Waals surface area contributed by atoms with E-state index in [1.54, 1.807) is 12.1 Å². The second kappa shape index (κ2) is 7.65. The standard InChI is InChI=1S/C24H15BrN2O3/c25-17-6-3-5-16(12-17)21-11-9-18(29-21)14-26-27-24(28)23-13-20-19-7-2-1-4-15(19)8-10-22(20)30-23/h1-14H,(H,27,28). The molecule has 0 radical (unpaired) electrons. The third kappa shape index (κ3) is 3.53. The van der Waals surface area contributed by atoms with Gasteiger partial charge in [0.2, 0.25) is 0 Å². The molecule has 0 saturated heterocycles. The van der Waals surface area contributed by atoms with E-state index in [1.807, 2.05) is 66.7 Å². The highest BCUT2D eigenvalue weighted by Crippen LogP contribution is 2.28. The van der Waals surface area contributed by atoms with Gasteiger partial charge in [-0.3, -0.25) is 4.79 Å². The van der Waals surface area contributed by atoms with Gasteiger partial charge in [-0.1, -0.05) is 58.4 Å². The molecule has 0 saturated carbocycles. The van der Waals surface area contributed by atoms with Crippen LogP contribution in [0.25, 0.3) is 33.1 Å². The van der Waals surface area contributed by atoms with Crippen molar-refractivity contribution in [2.24, 2.45) is 5.10 Å². The van der Waals surface area contributed by atoms with Crippen LogP contribution in [0.2, 0.25) is 0 Å². The molecule has 2 aromatic heterocycles. The number of hydrazone groups is 1. The summed E-state index contributed by atoms with van der Waals surface area (Å²) in [5.41, 5.74) is 4.09. The number of rotatable bonds is 4. The molecule has 0 spiro atoms. The fourth-order valence-corrected chi connectivity index (χ4v) is 3.73. The van der Waals surface area contributed by atoms with Gasteiger partial charge in [0.1, 0.15) is 17.1 Å². The van der Waals surface area contributed by atoms with E-state index >= 15 is 0 Å². The Labute approximate surface area is 180 Å². The molecule has 30 heavy (non-hydrogen) atoms. The zero-order valence-corrected chi connectivity index (χ0v) is 17.2. The second-order valence-corrected chi connectivity index (χ2v) is 7.64. The summed E-state index contributed by atoms with van der Waals surface area (Å²) in [6, 6.07) is 25.0. The maximum Gasteiger partial charge on any atom is 0.307 e. The first-order valence-electron chi connectivity index (χ1n) is 9.28. The number of fused-ring (bicyclic) bond motifs is 3. The molecule has 0 aliphatic carbocycles. The van der Waals surface area contributed by atoms with E-state index in [9.17, 15) is 4.79 Å². The number of hydrogen-bond donors (Lipinski definition) is 1. The second-order valence-electron chi connectivity index (χ2n) is 6.72. The van der Waals surface area contributed by atoms with E-state index in [4.69, 9.17) is 8.83 Å². The maximum absolute atomic E-state index is 12.5. The number of carbonyl (C=O) groups excluding carboxylic acids is 1. The van der Waals surface area contributed by atoms with Crippen molar-refractivity contribution in [3.05, 3.63) is 94.9 Å². The number of carbonyl (C=O) groups is 1. The van der Waals surface area contributed by atoms with E-state index in [1.165, 1.54) is 6.21 Å². The van der Waals surface area contributed by atoms with Crippen molar-refractivity contribution in [2.45, 2.75) is 0 Å². The van der Waals surface area contributed by atoms with Gasteiger partial charge in [0, 0.05) is 15.4 Å². The molecule has 0 bridgehead atoms. The van der Waals surface area contributed by atoms with Crippen molar-refractivity contribution in [2.75, 3.05) is 0 Å². The van der Waals surface area contributed by atoms with Crippen LogP contribution in [0.1, 0.15) is 16.3 Å². The minimum Gasteiger partial charge on any atom is -0.455 e. The molecule has 146 valence electrons. The third-order valence-corrected chi connectivity index (χ3v) is 5.24. The molecule has 0 aliphatic heterocycles. The number of benzene rings is 3. The van der Waals surface area contributed by atoms with Crippen molar-refractivity contribution in [1.29, 1.82) is 0 Å². The van der Waals surface area contributed by atoms with Gasteiger partial charge in [0.25, 0.3) is 0 Å². The van der Waals surface area contributed by atoms with E-state index in [-0.39, 0.29) is 5.76 Å². The molecule has 5 rings (SSSR count). The lowest BCUT2D eigenvalue weighted by Gasteiger charge is -1.97. The average Bonchev–Trinajstić information content (AvgIpc) is 3.41. The highest BCUT2D eigenvalue weighted by atomic mass is 79.9.